The summed E-state index contributed by atoms with van der Waals surface area (Å²) in [4.78, 5) is 1.21. The minimum absolute atomic E-state index is 0.459. The number of thioether (sulfide) groups is 1. The summed E-state index contributed by atoms with van der Waals surface area (Å²) in [5.41, 5.74) is 0. The molecule has 0 spiro atoms. The summed E-state index contributed by atoms with van der Waals surface area (Å²) in [6.07, 6.45) is 0. The van der Waals surface area contributed by atoms with Crippen LogP contribution in [-0.2, 0) is 0 Å². The lowest BCUT2D eigenvalue weighted by Crippen LogP contribution is -1.75. The van der Waals surface area contributed by atoms with E-state index in [2.05, 4.69) is 37.2 Å². The SMILES string of the molecule is CC(C)C#CSc1ccccc1. The molecule has 1 rings (SSSR count). The Balaban J connectivity index is 2.51. The molecule has 0 nitrogen and oxygen atoms in total. The normalized spacial score (nSPS) is 9.25. The summed E-state index contributed by atoms with van der Waals surface area (Å²) >= 11 is 1.59. The topological polar surface area (TPSA) is 0 Å². The van der Waals surface area contributed by atoms with E-state index < -0.39 is 0 Å². The zero-order chi connectivity index (χ0) is 8.81. The molecule has 0 saturated carbocycles. The maximum Gasteiger partial charge on any atom is 0.0203 e. The lowest BCUT2D eigenvalue weighted by molar-refractivity contribution is 0.867. The highest BCUT2D eigenvalue weighted by atomic mass is 32.2. The van der Waals surface area contributed by atoms with Gasteiger partial charge in [-0.1, -0.05) is 38.0 Å². The van der Waals surface area contributed by atoms with Crippen LogP contribution in [0.5, 0.6) is 0 Å². The third-order valence-corrected chi connectivity index (χ3v) is 1.99. The van der Waals surface area contributed by atoms with Gasteiger partial charge in [0.25, 0.3) is 0 Å². The average molecular weight is 176 g/mol. The second kappa shape index (κ2) is 4.90. The van der Waals surface area contributed by atoms with Crippen LogP contribution in [0.2, 0.25) is 0 Å². The van der Waals surface area contributed by atoms with Crippen LogP contribution in [0, 0.1) is 17.1 Å². The van der Waals surface area contributed by atoms with Crippen molar-refractivity contribution in [2.75, 3.05) is 0 Å². The maximum absolute atomic E-state index is 3.11. The molecular formula is C11H12S. The summed E-state index contributed by atoms with van der Waals surface area (Å²) in [5, 5.41) is 3.07. The second-order valence-corrected chi connectivity index (χ2v) is 3.70. The average Bonchev–Trinajstić information content (AvgIpc) is 2.05. The first-order valence-electron chi connectivity index (χ1n) is 4.01. The van der Waals surface area contributed by atoms with Gasteiger partial charge < -0.3 is 0 Å². The number of hydrogen-bond donors (Lipinski definition) is 0. The van der Waals surface area contributed by atoms with Gasteiger partial charge in [0.05, 0.1) is 0 Å². The first-order valence-corrected chi connectivity index (χ1v) is 4.83. The predicted octanol–water partition coefficient (Wildman–Crippen LogP) is 3.40. The van der Waals surface area contributed by atoms with Crippen LogP contribution in [0.4, 0.5) is 0 Å². The summed E-state index contributed by atoms with van der Waals surface area (Å²) in [6.45, 7) is 4.19. The fraction of sp³-hybridized carbons (Fsp3) is 0.273. The largest absolute Gasteiger partial charge is 0.0881 e. The Bertz CT molecular complexity index is 277. The molecule has 0 aliphatic rings. The summed E-state index contributed by atoms with van der Waals surface area (Å²) in [5.74, 6) is 3.57. The van der Waals surface area contributed by atoms with Crippen LogP contribution < -0.4 is 0 Å². The van der Waals surface area contributed by atoms with Gasteiger partial charge in [-0.05, 0) is 29.1 Å². The van der Waals surface area contributed by atoms with E-state index in [4.69, 9.17) is 0 Å². The maximum atomic E-state index is 3.11. The van der Waals surface area contributed by atoms with Crippen molar-refractivity contribution >= 4 is 11.8 Å². The van der Waals surface area contributed by atoms with Crippen molar-refractivity contribution in [2.24, 2.45) is 5.92 Å². The van der Waals surface area contributed by atoms with Crippen LogP contribution in [-0.4, -0.2) is 0 Å². The van der Waals surface area contributed by atoms with Crippen molar-refractivity contribution in [1.82, 2.24) is 0 Å². The van der Waals surface area contributed by atoms with Gasteiger partial charge in [-0.2, -0.15) is 0 Å². The smallest absolute Gasteiger partial charge is 0.0203 e. The van der Waals surface area contributed by atoms with Gasteiger partial charge in [-0.15, -0.1) is 0 Å². The molecule has 12 heavy (non-hydrogen) atoms. The lowest BCUT2D eigenvalue weighted by atomic mass is 10.2. The van der Waals surface area contributed by atoms with E-state index >= 15 is 0 Å². The van der Waals surface area contributed by atoms with E-state index in [0.29, 0.717) is 5.92 Å². The van der Waals surface area contributed by atoms with Crippen LogP contribution in [0.3, 0.4) is 0 Å². The molecule has 0 saturated heterocycles. The Morgan fingerprint density at radius 3 is 2.42 bits per heavy atom. The molecule has 0 N–H and O–H groups in total. The van der Waals surface area contributed by atoms with Gasteiger partial charge in [0.15, 0.2) is 0 Å². The van der Waals surface area contributed by atoms with E-state index in [1.54, 1.807) is 11.8 Å². The van der Waals surface area contributed by atoms with Gasteiger partial charge in [0.1, 0.15) is 0 Å². The Kier molecular flexibility index (Phi) is 3.76. The third kappa shape index (κ3) is 3.50. The molecule has 0 unspecified atom stereocenters. The summed E-state index contributed by atoms with van der Waals surface area (Å²) in [7, 11) is 0. The predicted molar refractivity (Wildman–Crippen MR) is 54.9 cm³/mol. The number of hydrogen-bond acceptors (Lipinski definition) is 1. The van der Waals surface area contributed by atoms with E-state index in [-0.39, 0.29) is 0 Å². The number of rotatable bonds is 1. The highest BCUT2D eigenvalue weighted by Gasteiger charge is 1.86. The standard InChI is InChI=1S/C11H12S/c1-10(2)8-9-12-11-6-4-3-5-7-11/h3-7,10H,1-2H3. The van der Waals surface area contributed by atoms with Crippen LogP contribution in [0.1, 0.15) is 13.8 Å². The lowest BCUT2D eigenvalue weighted by Gasteiger charge is -1.91. The van der Waals surface area contributed by atoms with Gasteiger partial charge in [0, 0.05) is 10.8 Å². The summed E-state index contributed by atoms with van der Waals surface area (Å²) < 4.78 is 0. The molecule has 0 amide bonds. The molecule has 0 aliphatic carbocycles. The van der Waals surface area contributed by atoms with Crippen LogP contribution >= 0.6 is 11.8 Å². The molecule has 0 heterocycles. The molecule has 0 aliphatic heterocycles. The van der Waals surface area contributed by atoms with E-state index in [0.717, 1.165) is 0 Å². The van der Waals surface area contributed by atoms with Crippen molar-refractivity contribution < 1.29 is 0 Å². The molecule has 62 valence electrons. The fourth-order valence-electron chi connectivity index (χ4n) is 0.695. The first kappa shape index (κ1) is 9.22. The molecule has 0 radical (unpaired) electrons. The minimum Gasteiger partial charge on any atom is -0.0881 e. The molecule has 1 heteroatoms. The zero-order valence-corrected chi connectivity index (χ0v) is 8.19. The van der Waals surface area contributed by atoms with Crippen LogP contribution in [0.15, 0.2) is 35.2 Å². The number of benzene rings is 1. The quantitative estimate of drug-likeness (QED) is 0.467. The second-order valence-electron chi connectivity index (χ2n) is 2.82. The minimum atomic E-state index is 0.459. The molecule has 1 aromatic carbocycles. The molecular weight excluding hydrogens is 164 g/mol. The van der Waals surface area contributed by atoms with Gasteiger partial charge in [-0.25, -0.2) is 0 Å². The van der Waals surface area contributed by atoms with Gasteiger partial charge in [-0.3, -0.25) is 0 Å². The monoisotopic (exact) mass is 176 g/mol. The highest BCUT2D eigenvalue weighted by Crippen LogP contribution is 2.14. The van der Waals surface area contributed by atoms with Gasteiger partial charge >= 0.3 is 0 Å². The van der Waals surface area contributed by atoms with Crippen molar-refractivity contribution in [3.63, 3.8) is 0 Å². The summed E-state index contributed by atoms with van der Waals surface area (Å²) in [6, 6.07) is 10.2. The molecule has 0 aromatic heterocycles. The van der Waals surface area contributed by atoms with E-state index in [1.807, 2.05) is 18.2 Å². The molecule has 0 atom stereocenters. The third-order valence-electron chi connectivity index (χ3n) is 1.26. The van der Waals surface area contributed by atoms with Crippen LogP contribution in [0.25, 0.3) is 0 Å². The van der Waals surface area contributed by atoms with Crippen molar-refractivity contribution in [3.05, 3.63) is 30.3 Å². The molecule has 0 fully saturated rings. The highest BCUT2D eigenvalue weighted by molar-refractivity contribution is 8.03. The molecule has 0 bridgehead atoms. The van der Waals surface area contributed by atoms with E-state index in [9.17, 15) is 0 Å². The van der Waals surface area contributed by atoms with Crippen molar-refractivity contribution in [1.29, 1.82) is 0 Å². The Morgan fingerprint density at radius 1 is 1.17 bits per heavy atom. The first-order chi connectivity index (χ1) is 5.79. The Hall–Kier alpha value is -0.870. The van der Waals surface area contributed by atoms with Gasteiger partial charge in [0.2, 0.25) is 0 Å². The Labute approximate surface area is 78.4 Å². The van der Waals surface area contributed by atoms with Crippen molar-refractivity contribution in [3.8, 4) is 11.2 Å². The van der Waals surface area contributed by atoms with Crippen molar-refractivity contribution in [2.45, 2.75) is 18.7 Å². The molecule has 1 aromatic rings. The Morgan fingerprint density at radius 2 is 1.83 bits per heavy atom. The van der Waals surface area contributed by atoms with E-state index in [1.165, 1.54) is 4.90 Å². The fourth-order valence-corrected chi connectivity index (χ4v) is 1.40. The zero-order valence-electron chi connectivity index (χ0n) is 7.37.